The largest absolute Gasteiger partial charge is 0.481 e. The van der Waals surface area contributed by atoms with Crippen molar-refractivity contribution in [1.29, 1.82) is 0 Å². The van der Waals surface area contributed by atoms with Crippen LogP contribution in [0.15, 0.2) is 0 Å². The van der Waals surface area contributed by atoms with Gasteiger partial charge >= 0.3 is 11.9 Å². The number of ether oxygens (including phenoxy) is 1. The lowest BCUT2D eigenvalue weighted by Crippen LogP contribution is -2.14. The highest BCUT2D eigenvalue weighted by Gasteiger charge is 2.16. The van der Waals surface area contributed by atoms with E-state index in [-0.39, 0.29) is 11.9 Å². The molecule has 0 rings (SSSR count). The smallest absolute Gasteiger partial charge is 0.306 e. The van der Waals surface area contributed by atoms with Crippen molar-refractivity contribution in [2.24, 2.45) is 5.92 Å². The molecule has 0 aliphatic carbocycles. The standard InChI is InChI=1S/C11H20O4/c1-3-6-9(11(13)14)7-5-8-10(12)15-4-2/h9H,3-8H2,1-2H3,(H,13,14). The Labute approximate surface area is 90.6 Å². The van der Waals surface area contributed by atoms with Crippen LogP contribution in [0.25, 0.3) is 0 Å². The average Bonchev–Trinajstić information content (AvgIpc) is 2.16. The van der Waals surface area contributed by atoms with E-state index in [2.05, 4.69) is 0 Å². The van der Waals surface area contributed by atoms with Crippen molar-refractivity contribution in [2.45, 2.75) is 46.0 Å². The van der Waals surface area contributed by atoms with E-state index in [9.17, 15) is 9.59 Å². The van der Waals surface area contributed by atoms with Crippen LogP contribution in [0.1, 0.15) is 46.0 Å². The summed E-state index contributed by atoms with van der Waals surface area (Å²) in [4.78, 5) is 21.8. The molecule has 0 aromatic heterocycles. The molecule has 0 spiro atoms. The molecule has 0 saturated heterocycles. The molecule has 0 fully saturated rings. The Morgan fingerprint density at radius 2 is 1.93 bits per heavy atom. The fourth-order valence-corrected chi connectivity index (χ4v) is 1.47. The molecule has 15 heavy (non-hydrogen) atoms. The van der Waals surface area contributed by atoms with Gasteiger partial charge in [0.05, 0.1) is 12.5 Å². The van der Waals surface area contributed by atoms with E-state index < -0.39 is 5.97 Å². The first kappa shape index (κ1) is 13.9. The molecule has 0 aliphatic heterocycles. The van der Waals surface area contributed by atoms with Gasteiger partial charge in [0.1, 0.15) is 0 Å². The number of carboxylic acid groups (broad SMARTS) is 1. The van der Waals surface area contributed by atoms with Crippen molar-refractivity contribution in [3.8, 4) is 0 Å². The molecule has 4 heteroatoms. The number of carbonyl (C=O) groups excluding carboxylic acids is 1. The Morgan fingerprint density at radius 3 is 2.40 bits per heavy atom. The molecule has 0 aliphatic rings. The lowest BCUT2D eigenvalue weighted by Gasteiger charge is -2.10. The minimum Gasteiger partial charge on any atom is -0.481 e. The maximum Gasteiger partial charge on any atom is 0.306 e. The fraction of sp³-hybridized carbons (Fsp3) is 0.818. The lowest BCUT2D eigenvalue weighted by molar-refractivity contribution is -0.145. The zero-order chi connectivity index (χ0) is 11.7. The van der Waals surface area contributed by atoms with Gasteiger partial charge in [-0.3, -0.25) is 9.59 Å². The average molecular weight is 216 g/mol. The van der Waals surface area contributed by atoms with Gasteiger partial charge in [0.2, 0.25) is 0 Å². The van der Waals surface area contributed by atoms with Gasteiger partial charge in [-0.15, -0.1) is 0 Å². The summed E-state index contributed by atoms with van der Waals surface area (Å²) >= 11 is 0. The Balaban J connectivity index is 3.70. The number of hydrogen-bond donors (Lipinski definition) is 1. The summed E-state index contributed by atoms with van der Waals surface area (Å²) in [5, 5.41) is 8.86. The molecular formula is C11H20O4. The van der Waals surface area contributed by atoms with E-state index >= 15 is 0 Å². The van der Waals surface area contributed by atoms with Gasteiger partial charge in [0, 0.05) is 6.42 Å². The molecule has 0 radical (unpaired) electrons. The van der Waals surface area contributed by atoms with Crippen molar-refractivity contribution in [2.75, 3.05) is 6.61 Å². The van der Waals surface area contributed by atoms with E-state index in [1.54, 1.807) is 6.92 Å². The van der Waals surface area contributed by atoms with E-state index in [1.807, 2.05) is 6.92 Å². The van der Waals surface area contributed by atoms with Crippen LogP contribution in [0, 0.1) is 5.92 Å². The quantitative estimate of drug-likeness (QED) is 0.632. The summed E-state index contributed by atoms with van der Waals surface area (Å²) in [5.74, 6) is -1.32. The summed E-state index contributed by atoms with van der Waals surface area (Å²) in [6.45, 7) is 4.10. The van der Waals surface area contributed by atoms with Crippen LogP contribution in [0.3, 0.4) is 0 Å². The lowest BCUT2D eigenvalue weighted by atomic mass is 9.97. The Kier molecular flexibility index (Phi) is 7.68. The molecule has 1 N–H and O–H groups in total. The van der Waals surface area contributed by atoms with E-state index in [4.69, 9.17) is 9.84 Å². The SMILES string of the molecule is CCCC(CCCC(=O)OCC)C(=O)O. The topological polar surface area (TPSA) is 63.6 Å². The molecule has 0 amide bonds. The first-order chi connectivity index (χ1) is 7.11. The molecule has 1 unspecified atom stereocenters. The summed E-state index contributed by atoms with van der Waals surface area (Å²) in [7, 11) is 0. The predicted molar refractivity (Wildman–Crippen MR) is 56.5 cm³/mol. The van der Waals surface area contributed by atoms with Gasteiger partial charge in [-0.1, -0.05) is 13.3 Å². The van der Waals surface area contributed by atoms with Crippen LogP contribution in [-0.2, 0) is 14.3 Å². The zero-order valence-electron chi connectivity index (χ0n) is 9.49. The molecule has 0 aromatic rings. The number of rotatable bonds is 8. The molecular weight excluding hydrogens is 196 g/mol. The van der Waals surface area contributed by atoms with Crippen molar-refractivity contribution < 1.29 is 19.4 Å². The fourth-order valence-electron chi connectivity index (χ4n) is 1.47. The number of hydrogen-bond acceptors (Lipinski definition) is 3. The molecule has 0 saturated carbocycles. The second-order valence-corrected chi connectivity index (χ2v) is 3.52. The Hall–Kier alpha value is -1.06. The first-order valence-electron chi connectivity index (χ1n) is 5.50. The third kappa shape index (κ3) is 6.94. The molecule has 88 valence electrons. The van der Waals surface area contributed by atoms with E-state index in [0.29, 0.717) is 32.3 Å². The number of carboxylic acids is 1. The highest BCUT2D eigenvalue weighted by atomic mass is 16.5. The van der Waals surface area contributed by atoms with Crippen LogP contribution in [0.5, 0.6) is 0 Å². The normalized spacial score (nSPS) is 12.1. The minimum atomic E-state index is -0.763. The maximum absolute atomic E-state index is 11.0. The second kappa shape index (κ2) is 8.26. The van der Waals surface area contributed by atoms with Crippen molar-refractivity contribution in [1.82, 2.24) is 0 Å². The van der Waals surface area contributed by atoms with Gasteiger partial charge in [0.15, 0.2) is 0 Å². The van der Waals surface area contributed by atoms with Gasteiger partial charge in [-0.2, -0.15) is 0 Å². The number of carbonyl (C=O) groups is 2. The molecule has 0 heterocycles. The summed E-state index contributed by atoms with van der Waals surface area (Å²) in [6.07, 6.45) is 3.01. The Morgan fingerprint density at radius 1 is 1.27 bits per heavy atom. The van der Waals surface area contributed by atoms with Crippen molar-refractivity contribution in [3.63, 3.8) is 0 Å². The summed E-state index contributed by atoms with van der Waals surface area (Å²) in [5.41, 5.74) is 0. The van der Waals surface area contributed by atoms with Crippen molar-refractivity contribution in [3.05, 3.63) is 0 Å². The van der Waals surface area contributed by atoms with Crippen LogP contribution in [0.2, 0.25) is 0 Å². The van der Waals surface area contributed by atoms with Gasteiger partial charge in [-0.25, -0.2) is 0 Å². The zero-order valence-corrected chi connectivity index (χ0v) is 9.49. The van der Waals surface area contributed by atoms with Crippen LogP contribution < -0.4 is 0 Å². The molecule has 4 nitrogen and oxygen atoms in total. The molecule has 0 bridgehead atoms. The van der Waals surface area contributed by atoms with Gasteiger partial charge in [-0.05, 0) is 26.2 Å². The van der Waals surface area contributed by atoms with Crippen molar-refractivity contribution >= 4 is 11.9 Å². The predicted octanol–water partition coefficient (Wildman–Crippen LogP) is 2.22. The monoisotopic (exact) mass is 216 g/mol. The molecule has 1 atom stereocenters. The molecule has 0 aromatic carbocycles. The summed E-state index contributed by atoms with van der Waals surface area (Å²) in [6, 6.07) is 0. The third-order valence-corrected chi connectivity index (χ3v) is 2.23. The summed E-state index contributed by atoms with van der Waals surface area (Å²) < 4.78 is 4.76. The van der Waals surface area contributed by atoms with Crippen LogP contribution in [0.4, 0.5) is 0 Å². The van der Waals surface area contributed by atoms with Gasteiger partial charge < -0.3 is 9.84 Å². The van der Waals surface area contributed by atoms with Crippen LogP contribution >= 0.6 is 0 Å². The van der Waals surface area contributed by atoms with E-state index in [1.165, 1.54) is 0 Å². The Bertz CT molecular complexity index is 201. The van der Waals surface area contributed by atoms with E-state index in [0.717, 1.165) is 6.42 Å². The highest BCUT2D eigenvalue weighted by molar-refractivity contribution is 5.71. The number of esters is 1. The van der Waals surface area contributed by atoms with Gasteiger partial charge in [0.25, 0.3) is 0 Å². The van der Waals surface area contributed by atoms with Crippen LogP contribution in [-0.4, -0.2) is 23.7 Å². The third-order valence-electron chi connectivity index (χ3n) is 2.23. The first-order valence-corrected chi connectivity index (χ1v) is 5.50. The second-order valence-electron chi connectivity index (χ2n) is 3.52. The minimum absolute atomic E-state index is 0.238. The maximum atomic E-state index is 11.0. The highest BCUT2D eigenvalue weighted by Crippen LogP contribution is 2.15. The number of aliphatic carboxylic acids is 1.